The maximum Gasteiger partial charge on any atom is 0.0136 e. The van der Waals surface area contributed by atoms with E-state index in [0.29, 0.717) is 0 Å². The molecule has 5 rings (SSSR count). The van der Waals surface area contributed by atoms with E-state index in [1.165, 1.54) is 55.0 Å². The van der Waals surface area contributed by atoms with Crippen LogP contribution in [0.2, 0.25) is 0 Å². The lowest BCUT2D eigenvalue weighted by molar-refractivity contribution is 0.607. The van der Waals surface area contributed by atoms with E-state index in [1.807, 2.05) is 0 Å². The fourth-order valence-corrected chi connectivity index (χ4v) is 5.21. The summed E-state index contributed by atoms with van der Waals surface area (Å²) in [6, 6.07) is 20.4. The summed E-state index contributed by atoms with van der Waals surface area (Å²) in [7, 11) is 0. The minimum absolute atomic E-state index is 0.137. The van der Waals surface area contributed by atoms with Crippen LogP contribution in [-0.2, 0) is 5.41 Å². The Balaban J connectivity index is 1.76. The zero-order chi connectivity index (χ0) is 17.9. The van der Waals surface area contributed by atoms with Crippen molar-refractivity contribution in [3.8, 4) is 11.1 Å². The van der Waals surface area contributed by atoms with Crippen LogP contribution in [0.5, 0.6) is 0 Å². The van der Waals surface area contributed by atoms with Crippen molar-refractivity contribution >= 4 is 38.9 Å². The number of hydrogen-bond donors (Lipinski definition) is 0. The molecule has 0 heterocycles. The Labute approximate surface area is 168 Å². The zero-order valence-corrected chi connectivity index (χ0v) is 17.3. The van der Waals surface area contributed by atoms with E-state index >= 15 is 0 Å². The number of halogens is 1. The first kappa shape index (κ1) is 16.3. The summed E-state index contributed by atoms with van der Waals surface area (Å²) in [6.45, 7) is 4.78. The Morgan fingerprint density at radius 1 is 0.923 bits per heavy atom. The van der Waals surface area contributed by atoms with Crippen LogP contribution in [0.1, 0.15) is 37.8 Å². The highest BCUT2D eigenvalue weighted by atomic mass is 127. The first-order valence-electron chi connectivity index (χ1n) is 9.29. The smallest absolute Gasteiger partial charge is 0.0136 e. The van der Waals surface area contributed by atoms with Crippen molar-refractivity contribution in [2.24, 2.45) is 0 Å². The summed E-state index contributed by atoms with van der Waals surface area (Å²) in [5.74, 6) is 0. The van der Waals surface area contributed by atoms with Gasteiger partial charge in [-0.3, -0.25) is 0 Å². The molecule has 128 valence electrons. The van der Waals surface area contributed by atoms with Gasteiger partial charge in [-0.25, -0.2) is 0 Å². The largest absolute Gasteiger partial charge is 0.0836 e. The van der Waals surface area contributed by atoms with Crippen molar-refractivity contribution in [2.75, 3.05) is 0 Å². The van der Waals surface area contributed by atoms with Gasteiger partial charge in [-0.15, -0.1) is 0 Å². The molecule has 0 fully saturated rings. The average Bonchev–Trinajstić information content (AvgIpc) is 2.89. The van der Waals surface area contributed by atoms with E-state index in [0.717, 1.165) is 0 Å². The summed E-state index contributed by atoms with van der Waals surface area (Å²) in [6.07, 6.45) is 7.05. The van der Waals surface area contributed by atoms with Crippen LogP contribution in [0.25, 0.3) is 27.5 Å². The summed E-state index contributed by atoms with van der Waals surface area (Å²) < 4.78 is 1.28. The van der Waals surface area contributed by atoms with Crippen molar-refractivity contribution in [3.05, 3.63) is 87.0 Å². The summed E-state index contributed by atoms with van der Waals surface area (Å²) in [5.41, 5.74) is 8.83. The molecule has 26 heavy (non-hydrogen) atoms. The Hall–Kier alpha value is -1.87. The third-order valence-corrected chi connectivity index (χ3v) is 6.72. The SMILES string of the molecule is CC1(C)C2=C(C=CCC2)c2c(-c3ccc4cc(I)ccc4c3)cccc21. The van der Waals surface area contributed by atoms with Crippen molar-refractivity contribution in [1.29, 1.82) is 0 Å². The second-order valence-electron chi connectivity index (χ2n) is 7.89. The van der Waals surface area contributed by atoms with E-state index in [9.17, 15) is 0 Å². The van der Waals surface area contributed by atoms with Crippen LogP contribution in [0, 0.1) is 3.57 Å². The van der Waals surface area contributed by atoms with E-state index in [2.05, 4.69) is 103 Å². The molecule has 1 heteroatoms. The molecule has 3 aromatic carbocycles. The molecule has 0 spiro atoms. The lowest BCUT2D eigenvalue weighted by Gasteiger charge is -2.25. The standard InChI is InChI=1S/C25H21I/c1-25(2)22-8-4-3-6-21(22)24-20(7-5-9-23(24)25)18-11-10-17-15-19(26)13-12-16(17)14-18/h3,5-7,9-15H,4,8H2,1-2H3. The molecule has 0 saturated carbocycles. The van der Waals surface area contributed by atoms with Crippen LogP contribution in [0.3, 0.4) is 0 Å². The molecule has 2 aliphatic carbocycles. The number of hydrogen-bond acceptors (Lipinski definition) is 0. The van der Waals surface area contributed by atoms with Crippen molar-refractivity contribution in [2.45, 2.75) is 32.1 Å². The molecule has 0 atom stereocenters. The first-order chi connectivity index (χ1) is 12.6. The van der Waals surface area contributed by atoms with Crippen LogP contribution < -0.4 is 0 Å². The van der Waals surface area contributed by atoms with Gasteiger partial charge >= 0.3 is 0 Å². The van der Waals surface area contributed by atoms with Gasteiger partial charge in [-0.1, -0.05) is 68.0 Å². The van der Waals surface area contributed by atoms with Crippen LogP contribution in [0.15, 0.2) is 72.3 Å². The molecule has 3 aromatic rings. The molecule has 0 saturated heterocycles. The molecule has 0 aromatic heterocycles. The summed E-state index contributed by atoms with van der Waals surface area (Å²) in [4.78, 5) is 0. The summed E-state index contributed by atoms with van der Waals surface area (Å²) in [5, 5.41) is 2.62. The third-order valence-electron chi connectivity index (χ3n) is 6.05. The molecular formula is C25H21I. The number of benzene rings is 3. The van der Waals surface area contributed by atoms with Crippen molar-refractivity contribution in [1.82, 2.24) is 0 Å². The number of fused-ring (bicyclic) bond motifs is 3. The Bertz CT molecular complexity index is 1110. The van der Waals surface area contributed by atoms with Crippen molar-refractivity contribution in [3.63, 3.8) is 0 Å². The van der Waals surface area contributed by atoms with Gasteiger partial charge in [0, 0.05) is 8.99 Å². The van der Waals surface area contributed by atoms with Gasteiger partial charge in [0.1, 0.15) is 0 Å². The highest BCUT2D eigenvalue weighted by molar-refractivity contribution is 14.1. The molecule has 0 nitrogen and oxygen atoms in total. The number of allylic oxidation sites excluding steroid dienone is 4. The molecule has 0 bridgehead atoms. The van der Waals surface area contributed by atoms with Crippen LogP contribution >= 0.6 is 22.6 Å². The predicted octanol–water partition coefficient (Wildman–Crippen LogP) is 7.51. The molecule has 0 aliphatic heterocycles. The van der Waals surface area contributed by atoms with Crippen molar-refractivity contribution < 1.29 is 0 Å². The van der Waals surface area contributed by atoms with Gasteiger partial charge in [-0.2, -0.15) is 0 Å². The van der Waals surface area contributed by atoms with E-state index in [4.69, 9.17) is 0 Å². The highest BCUT2D eigenvalue weighted by Gasteiger charge is 2.38. The normalized spacial score (nSPS) is 17.5. The predicted molar refractivity (Wildman–Crippen MR) is 120 cm³/mol. The molecular weight excluding hydrogens is 427 g/mol. The fraction of sp³-hybridized carbons (Fsp3) is 0.200. The minimum Gasteiger partial charge on any atom is -0.0836 e. The maximum atomic E-state index is 2.39. The van der Waals surface area contributed by atoms with E-state index in [1.54, 1.807) is 5.57 Å². The maximum absolute atomic E-state index is 2.39. The molecule has 0 amide bonds. The van der Waals surface area contributed by atoms with E-state index in [-0.39, 0.29) is 5.41 Å². The average molecular weight is 448 g/mol. The van der Waals surface area contributed by atoms with Crippen LogP contribution in [0.4, 0.5) is 0 Å². The van der Waals surface area contributed by atoms with Crippen LogP contribution in [-0.4, -0.2) is 0 Å². The third kappa shape index (κ3) is 2.33. The summed E-state index contributed by atoms with van der Waals surface area (Å²) >= 11 is 2.38. The quantitative estimate of drug-likeness (QED) is 0.338. The monoisotopic (exact) mass is 448 g/mol. The number of rotatable bonds is 1. The topological polar surface area (TPSA) is 0 Å². The molecule has 0 radical (unpaired) electrons. The Kier molecular flexibility index (Phi) is 3.65. The zero-order valence-electron chi connectivity index (χ0n) is 15.1. The second-order valence-corrected chi connectivity index (χ2v) is 9.14. The Morgan fingerprint density at radius 2 is 1.73 bits per heavy atom. The van der Waals surface area contributed by atoms with Gasteiger partial charge in [0.2, 0.25) is 0 Å². The Morgan fingerprint density at radius 3 is 2.62 bits per heavy atom. The lowest BCUT2D eigenvalue weighted by Crippen LogP contribution is -2.17. The molecule has 0 unspecified atom stereocenters. The van der Waals surface area contributed by atoms with Gasteiger partial charge < -0.3 is 0 Å². The second kappa shape index (κ2) is 5.82. The minimum atomic E-state index is 0.137. The lowest BCUT2D eigenvalue weighted by atomic mass is 9.78. The molecule has 0 N–H and O–H groups in total. The molecule has 2 aliphatic rings. The van der Waals surface area contributed by atoms with Gasteiger partial charge in [0.25, 0.3) is 0 Å². The first-order valence-corrected chi connectivity index (χ1v) is 10.4. The van der Waals surface area contributed by atoms with E-state index < -0.39 is 0 Å². The fourth-order valence-electron chi connectivity index (χ4n) is 4.70. The highest BCUT2D eigenvalue weighted by Crippen LogP contribution is 2.52. The van der Waals surface area contributed by atoms with Gasteiger partial charge in [-0.05, 0) is 92.2 Å². The van der Waals surface area contributed by atoms with Gasteiger partial charge in [0.05, 0.1) is 0 Å². The van der Waals surface area contributed by atoms with Gasteiger partial charge in [0.15, 0.2) is 0 Å².